The number of hydrogen-bond acceptors (Lipinski definition) is 3. The molecular weight excluding hydrogens is 317 g/mol. The molecule has 0 unspecified atom stereocenters. The fourth-order valence-corrected chi connectivity index (χ4v) is 3.24. The number of hydrogen-bond donors (Lipinski definition) is 2. The SMILES string of the molecule is CCc1ccc(CNC(=O)N2CCC(O)(C(F)(F)F)CC2)s1. The molecule has 124 valence electrons. The van der Waals surface area contributed by atoms with Crippen LogP contribution in [0.15, 0.2) is 12.1 Å². The van der Waals surface area contributed by atoms with Crippen LogP contribution in [0.3, 0.4) is 0 Å². The molecule has 0 spiro atoms. The lowest BCUT2D eigenvalue weighted by molar-refractivity contribution is -0.271. The molecular formula is C14H19F3N2O2S. The minimum Gasteiger partial charge on any atom is -0.380 e. The fourth-order valence-electron chi connectivity index (χ4n) is 2.35. The zero-order valence-corrected chi connectivity index (χ0v) is 13.1. The second-order valence-corrected chi connectivity index (χ2v) is 6.65. The van der Waals surface area contributed by atoms with E-state index in [1.54, 1.807) is 11.3 Å². The zero-order valence-electron chi connectivity index (χ0n) is 12.2. The van der Waals surface area contributed by atoms with Crippen molar-refractivity contribution in [3.8, 4) is 0 Å². The monoisotopic (exact) mass is 336 g/mol. The molecule has 1 fully saturated rings. The Kier molecular flexibility index (Phi) is 5.01. The highest BCUT2D eigenvalue weighted by Gasteiger charge is 2.54. The van der Waals surface area contributed by atoms with Gasteiger partial charge in [-0.2, -0.15) is 13.2 Å². The largest absolute Gasteiger partial charge is 0.417 e. The average molecular weight is 336 g/mol. The molecule has 1 saturated heterocycles. The molecule has 1 aromatic heterocycles. The summed E-state index contributed by atoms with van der Waals surface area (Å²) in [7, 11) is 0. The molecule has 2 amide bonds. The highest BCUT2D eigenvalue weighted by Crippen LogP contribution is 2.38. The van der Waals surface area contributed by atoms with E-state index in [2.05, 4.69) is 5.32 Å². The number of likely N-dealkylation sites (tertiary alicyclic amines) is 1. The third kappa shape index (κ3) is 3.73. The van der Waals surface area contributed by atoms with E-state index in [4.69, 9.17) is 0 Å². The van der Waals surface area contributed by atoms with Gasteiger partial charge in [0.15, 0.2) is 5.60 Å². The minimum atomic E-state index is -4.65. The Hall–Kier alpha value is -1.28. The molecule has 0 aromatic carbocycles. The smallest absolute Gasteiger partial charge is 0.380 e. The molecule has 2 N–H and O–H groups in total. The summed E-state index contributed by atoms with van der Waals surface area (Å²) in [5, 5.41) is 12.3. The molecule has 0 saturated carbocycles. The van der Waals surface area contributed by atoms with Crippen LogP contribution in [0, 0.1) is 0 Å². The van der Waals surface area contributed by atoms with Crippen molar-refractivity contribution in [2.24, 2.45) is 0 Å². The van der Waals surface area contributed by atoms with Crippen LogP contribution in [0.1, 0.15) is 29.5 Å². The second kappa shape index (κ2) is 6.45. The number of piperidine rings is 1. The first-order valence-corrected chi connectivity index (χ1v) is 7.96. The maximum absolute atomic E-state index is 12.7. The first-order chi connectivity index (χ1) is 10.2. The lowest BCUT2D eigenvalue weighted by Crippen LogP contribution is -2.55. The maximum atomic E-state index is 12.7. The third-order valence-electron chi connectivity index (χ3n) is 3.89. The van der Waals surface area contributed by atoms with Crippen molar-refractivity contribution in [2.45, 2.75) is 44.5 Å². The topological polar surface area (TPSA) is 52.6 Å². The number of alkyl halides is 3. The number of rotatable bonds is 3. The molecule has 1 aliphatic rings. The number of carbonyl (C=O) groups excluding carboxylic acids is 1. The van der Waals surface area contributed by atoms with E-state index >= 15 is 0 Å². The number of aliphatic hydroxyl groups is 1. The number of urea groups is 1. The van der Waals surface area contributed by atoms with Crippen LogP contribution in [0.25, 0.3) is 0 Å². The first-order valence-electron chi connectivity index (χ1n) is 7.14. The number of amides is 2. The second-order valence-electron chi connectivity index (χ2n) is 5.40. The Morgan fingerprint density at radius 1 is 1.36 bits per heavy atom. The summed E-state index contributed by atoms with van der Waals surface area (Å²) in [6.07, 6.45) is -4.68. The van der Waals surface area contributed by atoms with Crippen molar-refractivity contribution in [2.75, 3.05) is 13.1 Å². The van der Waals surface area contributed by atoms with E-state index < -0.39 is 30.7 Å². The van der Waals surface area contributed by atoms with Gasteiger partial charge in [0.05, 0.1) is 6.54 Å². The predicted octanol–water partition coefficient (Wildman–Crippen LogP) is 2.91. The molecule has 0 aliphatic carbocycles. The van der Waals surface area contributed by atoms with Gasteiger partial charge in [-0.3, -0.25) is 0 Å². The first kappa shape index (κ1) is 17.1. The molecule has 8 heteroatoms. The lowest BCUT2D eigenvalue weighted by atomic mass is 9.91. The van der Waals surface area contributed by atoms with Gasteiger partial charge in [0.25, 0.3) is 0 Å². The summed E-state index contributed by atoms with van der Waals surface area (Å²) in [5.41, 5.74) is -2.67. The molecule has 0 bridgehead atoms. The number of nitrogens with one attached hydrogen (secondary N) is 1. The van der Waals surface area contributed by atoms with Gasteiger partial charge in [0, 0.05) is 35.7 Å². The summed E-state index contributed by atoms with van der Waals surface area (Å²) in [6.45, 7) is 2.20. The normalized spacial score (nSPS) is 18.3. The predicted molar refractivity (Wildman–Crippen MR) is 77.7 cm³/mol. The van der Waals surface area contributed by atoms with E-state index in [0.29, 0.717) is 6.54 Å². The van der Waals surface area contributed by atoms with Gasteiger partial charge < -0.3 is 15.3 Å². The highest BCUT2D eigenvalue weighted by atomic mass is 32.1. The van der Waals surface area contributed by atoms with Crippen LogP contribution in [-0.4, -0.2) is 40.9 Å². The Morgan fingerprint density at radius 3 is 2.45 bits per heavy atom. The fraction of sp³-hybridized carbons (Fsp3) is 0.643. The van der Waals surface area contributed by atoms with Crippen LogP contribution < -0.4 is 5.32 Å². The van der Waals surface area contributed by atoms with Gasteiger partial charge in [-0.25, -0.2) is 4.79 Å². The Morgan fingerprint density at radius 2 is 1.95 bits per heavy atom. The maximum Gasteiger partial charge on any atom is 0.417 e. The zero-order chi connectivity index (χ0) is 16.4. The Balaban J connectivity index is 1.82. The van der Waals surface area contributed by atoms with E-state index in [9.17, 15) is 23.1 Å². The summed E-state index contributed by atoms with van der Waals surface area (Å²) < 4.78 is 38.1. The minimum absolute atomic E-state index is 0.105. The van der Waals surface area contributed by atoms with Crippen LogP contribution in [0.5, 0.6) is 0 Å². The number of nitrogens with zero attached hydrogens (tertiary/aromatic N) is 1. The summed E-state index contributed by atoms with van der Waals surface area (Å²) in [6, 6.07) is 3.54. The van der Waals surface area contributed by atoms with Crippen LogP contribution in [0.2, 0.25) is 0 Å². The van der Waals surface area contributed by atoms with Gasteiger partial charge in [-0.1, -0.05) is 6.92 Å². The van der Waals surface area contributed by atoms with Gasteiger partial charge in [-0.15, -0.1) is 11.3 Å². The summed E-state index contributed by atoms with van der Waals surface area (Å²) in [4.78, 5) is 15.5. The molecule has 1 aliphatic heterocycles. The Labute approximate surface area is 130 Å². The molecule has 2 rings (SSSR count). The van der Waals surface area contributed by atoms with Crippen molar-refractivity contribution in [1.82, 2.24) is 10.2 Å². The number of aryl methyl sites for hydroxylation is 1. The van der Waals surface area contributed by atoms with E-state index in [-0.39, 0.29) is 13.1 Å². The van der Waals surface area contributed by atoms with E-state index in [1.807, 2.05) is 19.1 Å². The molecule has 0 radical (unpaired) electrons. The van der Waals surface area contributed by atoms with Gasteiger partial charge in [-0.05, 0) is 18.6 Å². The van der Waals surface area contributed by atoms with E-state index in [1.165, 1.54) is 9.78 Å². The van der Waals surface area contributed by atoms with Crippen LogP contribution in [-0.2, 0) is 13.0 Å². The van der Waals surface area contributed by atoms with E-state index in [0.717, 1.165) is 11.3 Å². The van der Waals surface area contributed by atoms with Crippen molar-refractivity contribution >= 4 is 17.4 Å². The van der Waals surface area contributed by atoms with Crippen LogP contribution >= 0.6 is 11.3 Å². The quantitative estimate of drug-likeness (QED) is 0.892. The van der Waals surface area contributed by atoms with Crippen molar-refractivity contribution in [1.29, 1.82) is 0 Å². The lowest BCUT2D eigenvalue weighted by Gasteiger charge is -2.38. The molecule has 0 atom stereocenters. The highest BCUT2D eigenvalue weighted by molar-refractivity contribution is 7.11. The van der Waals surface area contributed by atoms with Gasteiger partial charge >= 0.3 is 12.2 Å². The number of thiophene rings is 1. The number of carbonyl (C=O) groups is 1. The summed E-state index contributed by atoms with van der Waals surface area (Å²) in [5.74, 6) is 0. The van der Waals surface area contributed by atoms with Gasteiger partial charge in [0.2, 0.25) is 0 Å². The van der Waals surface area contributed by atoms with Crippen molar-refractivity contribution in [3.05, 3.63) is 21.9 Å². The average Bonchev–Trinajstić information content (AvgIpc) is 2.92. The standard InChI is InChI=1S/C14H19F3N2O2S/c1-2-10-3-4-11(22-10)9-18-12(20)19-7-5-13(21,6-8-19)14(15,16)17/h3-4,21H,2,5-9H2,1H3,(H,18,20). The van der Waals surface area contributed by atoms with Crippen molar-refractivity contribution < 1.29 is 23.1 Å². The van der Waals surface area contributed by atoms with Gasteiger partial charge in [0.1, 0.15) is 0 Å². The molecule has 2 heterocycles. The Bertz CT molecular complexity index is 522. The third-order valence-corrected chi connectivity index (χ3v) is 5.11. The molecule has 1 aromatic rings. The van der Waals surface area contributed by atoms with Crippen molar-refractivity contribution in [3.63, 3.8) is 0 Å². The molecule has 4 nitrogen and oxygen atoms in total. The molecule has 22 heavy (non-hydrogen) atoms. The van der Waals surface area contributed by atoms with Crippen LogP contribution in [0.4, 0.5) is 18.0 Å². The summed E-state index contributed by atoms with van der Waals surface area (Å²) >= 11 is 1.60. The number of halogens is 3.